The number of para-hydroxylation sites is 2. The van der Waals surface area contributed by atoms with Crippen molar-refractivity contribution in [1.82, 2.24) is 9.55 Å². The molecule has 0 N–H and O–H groups in total. The van der Waals surface area contributed by atoms with Crippen molar-refractivity contribution in [1.29, 1.82) is 0 Å². The monoisotopic (exact) mass is 869 g/mol. The van der Waals surface area contributed by atoms with Crippen molar-refractivity contribution in [3.8, 4) is 50.5 Å². The first-order valence-electron chi connectivity index (χ1n) is 25.2. The molecule has 0 fully saturated rings. The molecule has 314 valence electrons. The van der Waals surface area contributed by atoms with E-state index < -0.39 is 0 Å². The van der Waals surface area contributed by atoms with E-state index in [0.717, 1.165) is 27.7 Å². The van der Waals surface area contributed by atoms with Gasteiger partial charge in [0.05, 0.1) is 0 Å². The molecule has 21 heteroatoms. The van der Waals surface area contributed by atoms with Gasteiger partial charge in [-0.25, -0.2) is 0 Å². The second kappa shape index (κ2) is 17.2. The third-order valence-electron chi connectivity index (χ3n) is 17.5. The summed E-state index contributed by atoms with van der Waals surface area (Å²) >= 11 is 0. The number of hydrogen-bond donors (Lipinski definition) is 0. The van der Waals surface area contributed by atoms with Gasteiger partial charge in [0.2, 0.25) is 0 Å². The summed E-state index contributed by atoms with van der Waals surface area (Å²) in [5.41, 5.74) is 30.4. The average Bonchev–Trinajstić information content (AvgIpc) is 3.84. The van der Waals surface area contributed by atoms with E-state index in [4.69, 9.17) is 12.5 Å². The molecular weight excluding hydrogens is 810 g/mol. The molecule has 0 saturated carbocycles. The Hall–Kier alpha value is -4.89. The van der Waals surface area contributed by atoms with Gasteiger partial charge in [-0.15, -0.1) is 5.46 Å². The van der Waals surface area contributed by atoms with E-state index in [0.29, 0.717) is 0 Å². The van der Waals surface area contributed by atoms with E-state index in [9.17, 15) is 0 Å². The first-order valence-corrected chi connectivity index (χ1v) is 25.2. The summed E-state index contributed by atoms with van der Waals surface area (Å²) in [5, 5.41) is 4.77. The maximum absolute atomic E-state index is 5.39. The fraction of sp³-hybridized carbons (Fsp3) is 0.0833. The van der Waals surface area contributed by atoms with E-state index in [2.05, 4.69) is 244 Å². The standard InChI is InChI=1S/C48H55B19N2/c1-17(49)33(50)37(54)31-27(18-10-13-20(14-11-18)69-26-9-5-4-8-25(26)68-45(69)32-38(55)42(59)44(61)43(60)39(32)56)29-30(36(53)41(58)40(57)35(29)52)28(34(31)51)19-12-15-22-21-6-2-3-7-23(21)46(24(22)16-19,47(62,63)64)48(65,66)67/h2-16,51H,49-50,52-67H2,1H3/b33-17-,37-31+. The van der Waals surface area contributed by atoms with Gasteiger partial charge in [0.15, 0.2) is 0 Å². The molecule has 0 radical (unpaired) electrons. The van der Waals surface area contributed by atoms with Gasteiger partial charge in [-0.1, -0.05) is 0 Å². The predicted octanol–water partition coefficient (Wildman–Crippen LogP) is -13.9. The Balaban J connectivity index is 1.39. The maximum atomic E-state index is 5.39. The Morgan fingerprint density at radius 3 is 1.61 bits per heavy atom. The van der Waals surface area contributed by atoms with Crippen LogP contribution in [0.3, 0.4) is 0 Å². The van der Waals surface area contributed by atoms with Crippen LogP contribution in [-0.4, -0.2) is 158 Å². The van der Waals surface area contributed by atoms with Crippen LogP contribution in [0.2, 0.25) is 10.2 Å². The summed E-state index contributed by atoms with van der Waals surface area (Å²) in [5.74, 6) is 0.987. The molecule has 0 bridgehead atoms. The van der Waals surface area contributed by atoms with E-state index in [1.165, 1.54) is 132 Å². The zero-order chi connectivity index (χ0) is 50.1. The molecule has 69 heavy (non-hydrogen) atoms. The molecule has 0 saturated heterocycles. The molecule has 1 aromatic heterocycles. The third-order valence-corrected chi connectivity index (χ3v) is 17.5. The van der Waals surface area contributed by atoms with Crippen LogP contribution in [0, 0.1) is 5.11 Å². The summed E-state index contributed by atoms with van der Waals surface area (Å²) in [6.07, 6.45) is 0. The molecule has 0 unspecified atom stereocenters. The Kier molecular flexibility index (Phi) is 12.2. The summed E-state index contributed by atoms with van der Waals surface area (Å²) in [7, 11) is 47.3. The van der Waals surface area contributed by atoms with Crippen LogP contribution in [0.15, 0.2) is 102 Å². The van der Waals surface area contributed by atoms with Gasteiger partial charge in [-0.2, -0.15) is 0 Å². The predicted molar refractivity (Wildman–Crippen MR) is 359 cm³/mol. The van der Waals surface area contributed by atoms with Crippen LogP contribution in [-0.2, 0) is 5.41 Å². The molecule has 0 amide bonds. The van der Waals surface area contributed by atoms with Crippen LogP contribution in [0.5, 0.6) is 0 Å². The molecule has 9 rings (SSSR count). The fourth-order valence-electron chi connectivity index (χ4n) is 13.3. The number of fused-ring (bicyclic) bond motifs is 5. The van der Waals surface area contributed by atoms with Crippen molar-refractivity contribution < 1.29 is 0 Å². The number of allylic oxidation sites excluding steroid dienone is 2. The summed E-state index contributed by atoms with van der Waals surface area (Å²) in [4.78, 5) is 5.39. The first kappa shape index (κ1) is 49.1. The Bertz CT molecular complexity index is 3650. The van der Waals surface area contributed by atoms with Gasteiger partial charge >= 0.3 is 402 Å². The van der Waals surface area contributed by atoms with Gasteiger partial charge in [0.1, 0.15) is 23.5 Å². The van der Waals surface area contributed by atoms with Crippen molar-refractivity contribution in [3.63, 3.8) is 0 Å². The van der Waals surface area contributed by atoms with Crippen LogP contribution in [0.1, 0.15) is 18.1 Å². The van der Waals surface area contributed by atoms with Crippen molar-refractivity contribution in [2.75, 3.05) is 0 Å². The van der Waals surface area contributed by atoms with Gasteiger partial charge in [0, 0.05) is 0 Å². The molecule has 8 aromatic rings. The molecule has 0 atom stereocenters. The minimum absolute atomic E-state index is 0.0770. The van der Waals surface area contributed by atoms with Gasteiger partial charge in [0.25, 0.3) is 0 Å². The second-order valence-electron chi connectivity index (χ2n) is 23.0. The summed E-state index contributed by atoms with van der Waals surface area (Å²) in [6.45, 7) is 2.24. The molecule has 0 spiro atoms. The normalized spacial score (nSPS) is 14.1. The number of benzene rings is 7. The van der Waals surface area contributed by atoms with E-state index in [-0.39, 0.29) is 15.6 Å². The molecule has 0 aliphatic heterocycles. The zero-order valence-corrected chi connectivity index (χ0v) is 45.3. The summed E-state index contributed by atoms with van der Waals surface area (Å²) in [6, 6.07) is 34.5. The zero-order valence-electron chi connectivity index (χ0n) is 45.3. The molecular formula is C48H55B19N2. The third kappa shape index (κ3) is 7.11. The minimum atomic E-state index is -0.239. The number of nitrogens with zero attached hydrogens (tertiary/aromatic N) is 2. The molecule has 1 aliphatic carbocycles. The Morgan fingerprint density at radius 2 is 1.03 bits per heavy atom. The van der Waals surface area contributed by atoms with Crippen LogP contribution < -0.4 is 54.4 Å². The van der Waals surface area contributed by atoms with Crippen molar-refractivity contribution in [2.45, 2.75) is 22.6 Å². The van der Waals surface area contributed by atoms with Gasteiger partial charge in [-0.05, 0) is 0 Å². The Labute approximate surface area is 428 Å². The van der Waals surface area contributed by atoms with Crippen molar-refractivity contribution in [3.05, 3.63) is 123 Å². The van der Waals surface area contributed by atoms with Crippen LogP contribution >= 0.6 is 0 Å². The number of imidazole rings is 1. The molecule has 1 heterocycles. The SMILES string of the molecule is B=c1c(-c2ccc3c(c2)C(C(B)(B)B)(C(B)(B)B)c2ccccc2-3)c2c(B)c(B)c(B)c(B)c2c(-c2ccc(-n3c(-c4c(B)c(B)c(B)c(B)c4B)nc4ccccc43)cc2)/c1=C(B)/C(B)=C(/B)C. The molecule has 7 aromatic carbocycles. The van der Waals surface area contributed by atoms with Gasteiger partial charge in [-0.3, -0.25) is 0 Å². The second-order valence-corrected chi connectivity index (χ2v) is 23.0. The average molecular weight is 865 g/mol. The number of hydrogen-bond acceptors (Lipinski definition) is 1. The topological polar surface area (TPSA) is 17.8 Å². The van der Waals surface area contributed by atoms with Crippen molar-refractivity contribution in [2.24, 2.45) is 0 Å². The molecule has 2 nitrogen and oxygen atoms in total. The van der Waals surface area contributed by atoms with Crippen LogP contribution in [0.25, 0.3) is 77.7 Å². The fourth-order valence-corrected chi connectivity index (χ4v) is 13.3. The van der Waals surface area contributed by atoms with E-state index in [1.54, 1.807) is 0 Å². The summed E-state index contributed by atoms with van der Waals surface area (Å²) < 4.78 is 2.38. The van der Waals surface area contributed by atoms with E-state index in [1.807, 2.05) is 0 Å². The Morgan fingerprint density at radius 1 is 0.536 bits per heavy atom. The quantitative estimate of drug-likeness (QED) is 0.146. The van der Waals surface area contributed by atoms with Gasteiger partial charge < -0.3 is 0 Å². The molecule has 1 aliphatic rings. The first-order chi connectivity index (χ1) is 32.4. The number of aromatic nitrogens is 2. The van der Waals surface area contributed by atoms with E-state index >= 15 is 0 Å². The van der Waals surface area contributed by atoms with Crippen LogP contribution in [0.4, 0.5) is 0 Å². The van der Waals surface area contributed by atoms with Crippen molar-refractivity contribution >= 4 is 225 Å². The number of rotatable bonds is 7.